The van der Waals surface area contributed by atoms with Crippen molar-refractivity contribution < 1.29 is 4.42 Å². The van der Waals surface area contributed by atoms with E-state index in [2.05, 4.69) is 227 Å². The summed E-state index contributed by atoms with van der Waals surface area (Å²) in [6, 6.07) is 74.1. The second-order valence-electron chi connectivity index (χ2n) is 18.9. The molecule has 11 aromatic rings. The molecule has 13 rings (SSSR count). The van der Waals surface area contributed by atoms with Gasteiger partial charge in [0.25, 0.3) is 0 Å². The van der Waals surface area contributed by atoms with E-state index in [9.17, 15) is 0 Å². The summed E-state index contributed by atoms with van der Waals surface area (Å²) in [5, 5.41) is 7.50. The van der Waals surface area contributed by atoms with E-state index in [0.29, 0.717) is 0 Å². The van der Waals surface area contributed by atoms with Gasteiger partial charge in [0.15, 0.2) is 0 Å². The first-order valence-corrected chi connectivity index (χ1v) is 22.5. The molecule has 2 aliphatic rings. The second-order valence-corrected chi connectivity index (χ2v) is 18.9. The third kappa shape index (κ3) is 5.26. The van der Waals surface area contributed by atoms with Crippen LogP contribution >= 0.6 is 0 Å². The number of nitrogens with zero attached hydrogens (tertiary/aromatic N) is 1. The largest absolute Gasteiger partial charge is 0.456 e. The Hall–Kier alpha value is -7.68. The number of para-hydroxylation sites is 2. The average Bonchev–Trinajstić information content (AvgIpc) is 3.90. The zero-order valence-electron chi connectivity index (χ0n) is 36.4. The summed E-state index contributed by atoms with van der Waals surface area (Å²) >= 11 is 0. The highest BCUT2D eigenvalue weighted by molar-refractivity contribution is 6.08. The molecule has 0 unspecified atom stereocenters. The molecule has 0 radical (unpaired) electrons. The van der Waals surface area contributed by atoms with E-state index in [4.69, 9.17) is 4.42 Å². The Morgan fingerprint density at radius 1 is 0.344 bits per heavy atom. The van der Waals surface area contributed by atoms with E-state index in [1.54, 1.807) is 0 Å². The van der Waals surface area contributed by atoms with Gasteiger partial charge in [-0.15, -0.1) is 0 Å². The summed E-state index contributed by atoms with van der Waals surface area (Å²) in [5.41, 5.74) is 20.3. The Labute approximate surface area is 373 Å². The molecular formula is C62H45NO. The molecule has 0 bridgehead atoms. The SMILES string of the molecule is CC1(C)c2cc(N(c3ccc4c5c(ccc4c3)-c3ccc4ccccc4c3C5(C)C)c3ccccc3-c3ccc(-c4ccccc4)cc3)ccc2-c2cc3c(cc21)oc1ccccc13. The van der Waals surface area contributed by atoms with Crippen molar-refractivity contribution in [3.05, 3.63) is 222 Å². The Kier molecular flexibility index (Phi) is 7.74. The van der Waals surface area contributed by atoms with Gasteiger partial charge in [0.2, 0.25) is 0 Å². The van der Waals surface area contributed by atoms with Crippen molar-refractivity contribution >= 4 is 60.5 Å². The third-order valence-corrected chi connectivity index (χ3v) is 14.6. The van der Waals surface area contributed by atoms with E-state index in [1.807, 2.05) is 6.07 Å². The zero-order valence-corrected chi connectivity index (χ0v) is 36.4. The fraction of sp³-hybridized carbons (Fsp3) is 0.0968. The summed E-state index contributed by atoms with van der Waals surface area (Å²) in [5.74, 6) is 0. The lowest BCUT2D eigenvalue weighted by Gasteiger charge is -2.30. The molecule has 0 aliphatic heterocycles. The van der Waals surface area contributed by atoms with E-state index in [-0.39, 0.29) is 10.8 Å². The van der Waals surface area contributed by atoms with Crippen LogP contribution in [-0.4, -0.2) is 0 Å². The predicted molar refractivity (Wildman–Crippen MR) is 269 cm³/mol. The molecule has 1 heterocycles. The number of anilines is 3. The maximum Gasteiger partial charge on any atom is 0.135 e. The van der Waals surface area contributed by atoms with E-state index < -0.39 is 0 Å². The van der Waals surface area contributed by atoms with Crippen LogP contribution in [-0.2, 0) is 10.8 Å². The minimum atomic E-state index is -0.249. The van der Waals surface area contributed by atoms with Crippen LogP contribution < -0.4 is 4.90 Å². The monoisotopic (exact) mass is 819 g/mol. The van der Waals surface area contributed by atoms with Crippen LogP contribution in [0.25, 0.3) is 88.0 Å². The first kappa shape index (κ1) is 36.9. The lowest BCUT2D eigenvalue weighted by Crippen LogP contribution is -2.17. The highest BCUT2D eigenvalue weighted by Crippen LogP contribution is 2.56. The molecule has 10 aromatic carbocycles. The standard InChI is InChI=1S/C62H45NO/c1-61(2)54-35-44(29-33-48(54)52-36-53-49-19-11-13-21-57(49)64-58(53)37-55(52)61)63(56-20-12-10-17-45(56)41-24-22-39(23-25-41)38-14-6-5-7-15-38)43-28-32-47-42(34-43)27-31-51-50-30-26-40-16-8-9-18-46(40)59(50)62(3,4)60(47)51/h5-37H,1-4H3. The number of hydrogen-bond donors (Lipinski definition) is 0. The van der Waals surface area contributed by atoms with Crippen molar-refractivity contribution in [2.75, 3.05) is 4.90 Å². The highest BCUT2D eigenvalue weighted by atomic mass is 16.3. The Bertz CT molecular complexity index is 3720. The first-order chi connectivity index (χ1) is 31.2. The summed E-state index contributed by atoms with van der Waals surface area (Å²) < 4.78 is 6.44. The fourth-order valence-corrected chi connectivity index (χ4v) is 11.5. The summed E-state index contributed by atoms with van der Waals surface area (Å²) in [6.45, 7) is 9.55. The van der Waals surface area contributed by atoms with Gasteiger partial charge in [-0.2, -0.15) is 0 Å². The topological polar surface area (TPSA) is 16.4 Å². The minimum Gasteiger partial charge on any atom is -0.456 e. The molecule has 0 fully saturated rings. The van der Waals surface area contributed by atoms with E-state index in [0.717, 1.165) is 39.0 Å². The van der Waals surface area contributed by atoms with Crippen LogP contribution in [0.2, 0.25) is 0 Å². The molecular weight excluding hydrogens is 775 g/mol. The second kappa shape index (κ2) is 13.4. The summed E-state index contributed by atoms with van der Waals surface area (Å²) in [4.78, 5) is 2.49. The van der Waals surface area contributed by atoms with Crippen LogP contribution in [0, 0.1) is 0 Å². The van der Waals surface area contributed by atoms with Crippen LogP contribution in [0.5, 0.6) is 0 Å². The van der Waals surface area contributed by atoms with Gasteiger partial charge in [-0.1, -0.05) is 179 Å². The van der Waals surface area contributed by atoms with Crippen molar-refractivity contribution in [1.82, 2.24) is 0 Å². The average molecular weight is 820 g/mol. The van der Waals surface area contributed by atoms with Gasteiger partial charge in [-0.3, -0.25) is 0 Å². The quantitative estimate of drug-likeness (QED) is 0.172. The number of furan rings is 1. The summed E-state index contributed by atoms with van der Waals surface area (Å²) in [7, 11) is 0. The van der Waals surface area contributed by atoms with Gasteiger partial charge in [-0.25, -0.2) is 0 Å². The molecule has 2 nitrogen and oxygen atoms in total. The Morgan fingerprint density at radius 3 is 1.75 bits per heavy atom. The molecule has 2 aliphatic carbocycles. The first-order valence-electron chi connectivity index (χ1n) is 22.5. The van der Waals surface area contributed by atoms with Gasteiger partial charge in [0.1, 0.15) is 11.2 Å². The van der Waals surface area contributed by atoms with Crippen molar-refractivity contribution in [2.24, 2.45) is 0 Å². The van der Waals surface area contributed by atoms with E-state index >= 15 is 0 Å². The summed E-state index contributed by atoms with van der Waals surface area (Å²) in [6.07, 6.45) is 0. The number of fused-ring (bicyclic) bond motifs is 13. The van der Waals surface area contributed by atoms with Crippen LogP contribution in [0.4, 0.5) is 17.1 Å². The molecule has 2 heteroatoms. The number of rotatable bonds is 5. The molecule has 0 atom stereocenters. The van der Waals surface area contributed by atoms with Crippen molar-refractivity contribution in [1.29, 1.82) is 0 Å². The molecule has 0 spiro atoms. The normalized spacial score (nSPS) is 14.2. The van der Waals surface area contributed by atoms with Gasteiger partial charge >= 0.3 is 0 Å². The van der Waals surface area contributed by atoms with Gasteiger partial charge < -0.3 is 9.32 Å². The van der Waals surface area contributed by atoms with Crippen LogP contribution in [0.15, 0.2) is 205 Å². The van der Waals surface area contributed by atoms with Crippen molar-refractivity contribution in [3.63, 3.8) is 0 Å². The van der Waals surface area contributed by atoms with Gasteiger partial charge in [-0.05, 0) is 131 Å². The van der Waals surface area contributed by atoms with Gasteiger partial charge in [0, 0.05) is 38.5 Å². The molecule has 0 N–H and O–H groups in total. The van der Waals surface area contributed by atoms with Crippen molar-refractivity contribution in [2.45, 2.75) is 38.5 Å². The maximum absolute atomic E-state index is 6.44. The molecule has 0 saturated carbocycles. The van der Waals surface area contributed by atoms with Gasteiger partial charge in [0.05, 0.1) is 5.69 Å². The van der Waals surface area contributed by atoms with Crippen LogP contribution in [0.1, 0.15) is 49.9 Å². The predicted octanol–water partition coefficient (Wildman–Crippen LogP) is 17.3. The molecule has 1 aromatic heterocycles. The van der Waals surface area contributed by atoms with Crippen molar-refractivity contribution in [3.8, 4) is 44.5 Å². The van der Waals surface area contributed by atoms with Crippen LogP contribution in [0.3, 0.4) is 0 Å². The maximum atomic E-state index is 6.44. The smallest absolute Gasteiger partial charge is 0.135 e. The minimum absolute atomic E-state index is 0.168. The Balaban J connectivity index is 0.992. The zero-order chi connectivity index (χ0) is 42.9. The lowest BCUT2D eigenvalue weighted by atomic mass is 9.78. The molecule has 0 amide bonds. The third-order valence-electron chi connectivity index (χ3n) is 14.6. The highest BCUT2D eigenvalue weighted by Gasteiger charge is 2.39. The number of hydrogen-bond acceptors (Lipinski definition) is 2. The number of benzene rings is 10. The van der Waals surface area contributed by atoms with E-state index in [1.165, 1.54) is 88.3 Å². The Morgan fingerprint density at radius 2 is 0.938 bits per heavy atom. The fourth-order valence-electron chi connectivity index (χ4n) is 11.5. The molecule has 64 heavy (non-hydrogen) atoms. The lowest BCUT2D eigenvalue weighted by molar-refractivity contribution is 0.647. The molecule has 304 valence electrons. The molecule has 0 saturated heterocycles.